The third kappa shape index (κ3) is 6.94. The second kappa shape index (κ2) is 15.5. The second-order valence-corrected chi connectivity index (χ2v) is 15.7. The molecule has 0 saturated carbocycles. The highest BCUT2D eigenvalue weighted by molar-refractivity contribution is 6.00. The van der Waals surface area contributed by atoms with Gasteiger partial charge in [0.15, 0.2) is 17.8 Å². The van der Waals surface area contributed by atoms with Crippen LogP contribution in [0.5, 0.6) is 0 Å². The van der Waals surface area contributed by atoms with Gasteiger partial charge in [-0.3, -0.25) is 19.4 Å². The summed E-state index contributed by atoms with van der Waals surface area (Å²) >= 11 is 0. The summed E-state index contributed by atoms with van der Waals surface area (Å²) in [6.07, 6.45) is 4.66. The van der Waals surface area contributed by atoms with E-state index in [9.17, 15) is 14.4 Å². The number of nitrogens with zero attached hydrogens (tertiary/aromatic N) is 6. The Morgan fingerprint density at radius 1 is 0.825 bits per heavy atom. The first-order chi connectivity index (χ1) is 27.6. The molecule has 2 fully saturated rings. The van der Waals surface area contributed by atoms with Gasteiger partial charge in [0.05, 0.1) is 29.8 Å². The molecule has 0 aliphatic carbocycles. The van der Waals surface area contributed by atoms with Gasteiger partial charge in [0.1, 0.15) is 17.6 Å². The van der Waals surface area contributed by atoms with Gasteiger partial charge in [0, 0.05) is 42.6 Å². The van der Waals surface area contributed by atoms with E-state index in [1.54, 1.807) is 6.20 Å². The molecule has 5 atom stereocenters. The van der Waals surface area contributed by atoms with Gasteiger partial charge in [0.2, 0.25) is 11.8 Å². The van der Waals surface area contributed by atoms with Crippen molar-refractivity contribution in [1.29, 1.82) is 0 Å². The molecule has 2 aromatic heterocycles. The van der Waals surface area contributed by atoms with Gasteiger partial charge < -0.3 is 20.0 Å². The first-order valence-corrected chi connectivity index (χ1v) is 19.6. The van der Waals surface area contributed by atoms with Gasteiger partial charge >= 0.3 is 5.91 Å². The van der Waals surface area contributed by atoms with E-state index in [-0.39, 0.29) is 28.4 Å². The molecule has 292 valence electrons. The normalized spacial score (nSPS) is 20.7. The lowest BCUT2D eigenvalue weighted by Crippen LogP contribution is -2.64. The summed E-state index contributed by atoms with van der Waals surface area (Å²) in [5, 5.41) is 0. The minimum absolute atomic E-state index is 0.0682. The predicted octanol–water partition coefficient (Wildman–Crippen LogP) is 6.64. The van der Waals surface area contributed by atoms with Gasteiger partial charge in [-0.05, 0) is 82.5 Å². The summed E-state index contributed by atoms with van der Waals surface area (Å²) in [7, 11) is 7.64. The number of quaternary nitrogens is 1. The third-order valence-corrected chi connectivity index (χ3v) is 11.7. The number of H-pyrrole nitrogens is 1. The number of hydrogen-bond donors (Lipinski definition) is 2. The summed E-state index contributed by atoms with van der Waals surface area (Å²) in [5.41, 5.74) is 11.7. The number of fused-ring (bicyclic) bond motifs is 1. The van der Waals surface area contributed by atoms with E-state index in [1.165, 1.54) is 0 Å². The number of amides is 3. The van der Waals surface area contributed by atoms with Crippen LogP contribution in [0.25, 0.3) is 33.8 Å². The fourth-order valence-corrected chi connectivity index (χ4v) is 9.00. The Morgan fingerprint density at radius 2 is 1.47 bits per heavy atom. The maximum absolute atomic E-state index is 14.7. The molecule has 4 aromatic carbocycles. The van der Waals surface area contributed by atoms with Crippen LogP contribution < -0.4 is 10.2 Å². The Bertz CT molecular complexity index is 2390. The number of hydrogen-bond acceptors (Lipinski definition) is 8. The fraction of sp³-hybridized carbons (Fsp3) is 0.311. The smallest absolute Gasteiger partial charge is 0.341 e. The number of carbonyl (C=O) groups is 3. The first kappa shape index (κ1) is 37.9. The van der Waals surface area contributed by atoms with Crippen LogP contribution in [0.4, 0.5) is 5.69 Å². The van der Waals surface area contributed by atoms with Crippen molar-refractivity contribution >= 4 is 34.4 Å². The Balaban J connectivity index is 1.04. The maximum Gasteiger partial charge on any atom is 0.341 e. The Kier molecular flexibility index (Phi) is 10.3. The zero-order chi connectivity index (χ0) is 39.8. The van der Waals surface area contributed by atoms with E-state index in [2.05, 4.69) is 9.97 Å². The fourth-order valence-electron chi connectivity index (χ4n) is 9.00. The monoisotopic (exact) mass is 765 g/mol. The van der Waals surface area contributed by atoms with Crippen LogP contribution >= 0.6 is 0 Å². The average molecular weight is 766 g/mol. The van der Waals surface area contributed by atoms with E-state index >= 15 is 0 Å². The van der Waals surface area contributed by atoms with Crippen molar-refractivity contribution in [2.45, 2.75) is 49.9 Å². The molecule has 12 heteroatoms. The highest BCUT2D eigenvalue weighted by atomic mass is 16.4. The van der Waals surface area contributed by atoms with E-state index in [0.29, 0.717) is 43.3 Å². The number of nitrogens with two attached hydrogens (primary N) is 1. The van der Waals surface area contributed by atoms with Crippen LogP contribution in [0.15, 0.2) is 114 Å². The van der Waals surface area contributed by atoms with E-state index < -0.39 is 18.0 Å². The SMILES string of the molecule is CN(C)[C@@H](C(=O)N1CCC[C@H]1c1nc2cc(-c3cnc(-c4ccc([N+]5(C(=O)[C@@H](c6ccccc6)N(C)C)CCC[C@H]5C(N)=O)cc4)o3)ccc2[nH]1)c1ccccc1. The number of nitrogens with one attached hydrogen (secondary N) is 1. The summed E-state index contributed by atoms with van der Waals surface area (Å²) in [6, 6.07) is 31.3. The minimum Gasteiger partial charge on any atom is -0.436 e. The third-order valence-electron chi connectivity index (χ3n) is 11.7. The van der Waals surface area contributed by atoms with Crippen molar-refractivity contribution in [2.24, 2.45) is 5.73 Å². The lowest BCUT2D eigenvalue weighted by atomic mass is 10.00. The number of aromatic amines is 1. The molecular formula is C45H49N8O4+. The van der Waals surface area contributed by atoms with Gasteiger partial charge in [-0.2, -0.15) is 0 Å². The number of aromatic nitrogens is 3. The number of carbonyl (C=O) groups excluding carboxylic acids is 3. The standard InChI is InChI=1S/C45H48N8O4/c1-50(2)39(29-13-7-5-8-14-29)44(55)52-25-11-17-36(52)42-48-34-24-21-32(27-35(34)49-42)38-28-47-43(57-38)31-19-22-33(23-20-31)53(26-12-18-37(53)41(46)54)45(56)40(51(3)4)30-15-9-6-10-16-30/h5-10,13-16,19-24,27-28,36-37,39-40H,11-12,17-18,25-26H2,1-4H3,(H2-,46,48,49,54)/p+1/t36-,37-,39+,40+,53?/m0/s1. The molecule has 3 N–H and O–H groups in total. The number of likely N-dealkylation sites (N-methyl/N-ethyl adjacent to an activating group) is 2. The van der Waals surface area contributed by atoms with Crippen molar-refractivity contribution in [2.75, 3.05) is 41.3 Å². The Hall–Kier alpha value is -5.95. The molecule has 8 rings (SSSR count). The van der Waals surface area contributed by atoms with E-state index in [0.717, 1.165) is 52.0 Å². The molecule has 0 spiro atoms. The van der Waals surface area contributed by atoms with Gasteiger partial charge in [-0.25, -0.2) is 19.2 Å². The van der Waals surface area contributed by atoms with Crippen LogP contribution in [0.1, 0.15) is 60.8 Å². The number of imidazole rings is 1. The molecule has 0 radical (unpaired) electrons. The van der Waals surface area contributed by atoms with Crippen molar-refractivity contribution in [1.82, 2.24) is 34.1 Å². The second-order valence-electron chi connectivity index (χ2n) is 15.7. The molecule has 2 saturated heterocycles. The van der Waals surface area contributed by atoms with E-state index in [1.807, 2.05) is 146 Å². The van der Waals surface area contributed by atoms with Crippen LogP contribution in [-0.4, -0.2) is 94.7 Å². The summed E-state index contributed by atoms with van der Waals surface area (Å²) in [4.78, 5) is 60.6. The largest absolute Gasteiger partial charge is 0.436 e. The zero-order valence-electron chi connectivity index (χ0n) is 32.8. The van der Waals surface area contributed by atoms with Gasteiger partial charge in [-0.15, -0.1) is 0 Å². The predicted molar refractivity (Wildman–Crippen MR) is 220 cm³/mol. The molecule has 2 aliphatic rings. The van der Waals surface area contributed by atoms with Crippen LogP contribution in [0.3, 0.4) is 0 Å². The first-order valence-electron chi connectivity index (χ1n) is 19.6. The number of benzene rings is 4. The van der Waals surface area contributed by atoms with Crippen LogP contribution in [0.2, 0.25) is 0 Å². The number of oxazole rings is 1. The van der Waals surface area contributed by atoms with Crippen LogP contribution in [-0.2, 0) is 14.4 Å². The number of primary amides is 1. The highest BCUT2D eigenvalue weighted by Crippen LogP contribution is 2.41. The van der Waals surface area contributed by atoms with Crippen molar-refractivity contribution in [3.8, 4) is 22.8 Å². The highest BCUT2D eigenvalue weighted by Gasteiger charge is 2.55. The van der Waals surface area contributed by atoms with E-state index in [4.69, 9.17) is 15.1 Å². The van der Waals surface area contributed by atoms with Crippen molar-refractivity contribution in [3.05, 3.63) is 126 Å². The molecule has 57 heavy (non-hydrogen) atoms. The molecule has 6 aromatic rings. The molecule has 4 heterocycles. The molecule has 1 unspecified atom stereocenters. The summed E-state index contributed by atoms with van der Waals surface area (Å²) in [6.45, 7) is 1.15. The van der Waals surface area contributed by atoms with Gasteiger partial charge in [0.25, 0.3) is 5.91 Å². The zero-order valence-corrected chi connectivity index (χ0v) is 32.8. The Morgan fingerprint density at radius 3 is 2.12 bits per heavy atom. The molecule has 0 bridgehead atoms. The summed E-state index contributed by atoms with van der Waals surface area (Å²) in [5.74, 6) is 1.27. The Labute approximate surface area is 332 Å². The minimum atomic E-state index is -0.679. The number of rotatable bonds is 11. The molecular weight excluding hydrogens is 717 g/mol. The lowest BCUT2D eigenvalue weighted by Gasteiger charge is -2.39. The molecule has 12 nitrogen and oxygen atoms in total. The summed E-state index contributed by atoms with van der Waals surface area (Å²) < 4.78 is 6.17. The van der Waals surface area contributed by atoms with Crippen molar-refractivity contribution < 1.29 is 18.8 Å². The maximum atomic E-state index is 14.7. The topological polar surface area (TPSA) is 142 Å². The number of likely N-dealkylation sites (tertiary alicyclic amines) is 2. The molecule has 3 amide bonds. The lowest BCUT2D eigenvalue weighted by molar-refractivity contribution is -0.140. The molecule has 2 aliphatic heterocycles. The quantitative estimate of drug-likeness (QED) is 0.140. The van der Waals surface area contributed by atoms with Gasteiger partial charge in [-0.1, -0.05) is 60.7 Å². The average Bonchev–Trinajstić information content (AvgIpc) is 4.04. The van der Waals surface area contributed by atoms with Crippen LogP contribution in [0, 0.1) is 0 Å². The van der Waals surface area contributed by atoms with Crippen molar-refractivity contribution in [3.63, 3.8) is 0 Å².